The van der Waals surface area contributed by atoms with Crippen LogP contribution >= 0.6 is 0 Å². The Balaban J connectivity index is 1.24. The van der Waals surface area contributed by atoms with Crippen molar-refractivity contribution in [2.24, 2.45) is 0 Å². The topological polar surface area (TPSA) is 84.3 Å². The third kappa shape index (κ3) is 4.79. The summed E-state index contributed by atoms with van der Waals surface area (Å²) in [6.07, 6.45) is 9.24. The van der Waals surface area contributed by atoms with Crippen molar-refractivity contribution in [3.8, 4) is 0 Å². The predicted octanol–water partition coefficient (Wildman–Crippen LogP) is 4.21. The van der Waals surface area contributed by atoms with E-state index in [1.54, 1.807) is 18.2 Å². The van der Waals surface area contributed by atoms with Crippen LogP contribution in [0.3, 0.4) is 0 Å². The lowest BCUT2D eigenvalue weighted by atomic mass is 10.1. The van der Waals surface area contributed by atoms with Crippen LogP contribution in [0.25, 0.3) is 10.9 Å². The van der Waals surface area contributed by atoms with E-state index in [0.29, 0.717) is 41.2 Å². The van der Waals surface area contributed by atoms with E-state index >= 15 is 0 Å². The predicted molar refractivity (Wildman–Crippen MR) is 138 cm³/mol. The first-order chi connectivity index (χ1) is 17.6. The number of nitrogens with one attached hydrogen (secondary N) is 1. The molecule has 1 N–H and O–H groups in total. The lowest BCUT2D eigenvalue weighted by Crippen LogP contribution is -2.33. The summed E-state index contributed by atoms with van der Waals surface area (Å²) in [5.74, 6) is 0.762. The minimum Gasteiger partial charge on any atom is -0.349 e. The van der Waals surface area contributed by atoms with Gasteiger partial charge in [-0.05, 0) is 74.4 Å². The van der Waals surface area contributed by atoms with Gasteiger partial charge in [0.05, 0.1) is 10.9 Å². The summed E-state index contributed by atoms with van der Waals surface area (Å²) in [7, 11) is 0. The van der Waals surface area contributed by atoms with Gasteiger partial charge in [0, 0.05) is 42.7 Å². The minimum absolute atomic E-state index is 0.000704. The van der Waals surface area contributed by atoms with Gasteiger partial charge in [0.1, 0.15) is 5.82 Å². The largest absolute Gasteiger partial charge is 0.349 e. The van der Waals surface area contributed by atoms with E-state index in [1.165, 1.54) is 0 Å². The summed E-state index contributed by atoms with van der Waals surface area (Å²) in [5, 5.41) is 3.59. The number of aromatic nitrogens is 2. The number of amides is 2. The number of hydrogen-bond donors (Lipinski definition) is 1. The number of fused-ring (bicyclic) bond motifs is 2. The molecule has 0 atom stereocenters. The standard InChI is InChI=1S/C29H32N4O3/c34-27(30-22-11-12-22)20-8-6-19(7-9-20)18-33(23-13-14-23)28(35)21-10-15-24-25(17-21)31-26-5-3-1-2-4-16-32(26)29(24)36/h6-10,15,17,22-23H,1-5,11-14,16,18H2,(H,30,34). The van der Waals surface area contributed by atoms with Gasteiger partial charge in [-0.15, -0.1) is 0 Å². The van der Waals surface area contributed by atoms with Crippen LogP contribution < -0.4 is 10.9 Å². The van der Waals surface area contributed by atoms with Crippen LogP contribution in [-0.2, 0) is 19.5 Å². The van der Waals surface area contributed by atoms with Crippen LogP contribution in [0.2, 0.25) is 0 Å². The second-order valence-electron chi connectivity index (χ2n) is 10.5. The van der Waals surface area contributed by atoms with E-state index < -0.39 is 0 Å². The van der Waals surface area contributed by atoms with Crippen molar-refractivity contribution >= 4 is 22.7 Å². The number of hydrogen-bond acceptors (Lipinski definition) is 4. The van der Waals surface area contributed by atoms with Crippen molar-refractivity contribution in [1.82, 2.24) is 19.8 Å². The third-order valence-corrected chi connectivity index (χ3v) is 7.54. The van der Waals surface area contributed by atoms with Gasteiger partial charge in [0.15, 0.2) is 0 Å². The molecule has 7 nitrogen and oxygen atoms in total. The molecule has 6 rings (SSSR count). The summed E-state index contributed by atoms with van der Waals surface area (Å²) in [6, 6.07) is 13.4. The van der Waals surface area contributed by atoms with E-state index in [4.69, 9.17) is 4.98 Å². The molecule has 186 valence electrons. The summed E-state index contributed by atoms with van der Waals surface area (Å²) < 4.78 is 1.83. The van der Waals surface area contributed by atoms with Gasteiger partial charge >= 0.3 is 0 Å². The van der Waals surface area contributed by atoms with Crippen molar-refractivity contribution in [3.05, 3.63) is 75.3 Å². The second-order valence-corrected chi connectivity index (χ2v) is 10.5. The minimum atomic E-state index is -0.0383. The molecular formula is C29H32N4O3. The molecule has 1 aliphatic heterocycles. The fraction of sp³-hybridized carbons (Fsp3) is 0.448. The Kier molecular flexibility index (Phi) is 6.07. The van der Waals surface area contributed by atoms with Crippen molar-refractivity contribution in [3.63, 3.8) is 0 Å². The van der Waals surface area contributed by atoms with Crippen LogP contribution in [0, 0.1) is 0 Å². The summed E-state index contributed by atoms with van der Waals surface area (Å²) in [4.78, 5) is 45.8. The van der Waals surface area contributed by atoms with Gasteiger partial charge in [0.25, 0.3) is 17.4 Å². The quantitative estimate of drug-likeness (QED) is 0.568. The van der Waals surface area contributed by atoms with E-state index in [9.17, 15) is 14.4 Å². The smallest absolute Gasteiger partial charge is 0.261 e. The van der Waals surface area contributed by atoms with Crippen LogP contribution in [-0.4, -0.2) is 38.3 Å². The van der Waals surface area contributed by atoms with E-state index in [2.05, 4.69) is 5.32 Å². The number of benzene rings is 2. The van der Waals surface area contributed by atoms with Crippen molar-refractivity contribution in [2.45, 2.75) is 83.0 Å². The lowest BCUT2D eigenvalue weighted by Gasteiger charge is -2.23. The first kappa shape index (κ1) is 23.0. The molecule has 1 aromatic heterocycles. The van der Waals surface area contributed by atoms with E-state index in [1.807, 2.05) is 33.7 Å². The summed E-state index contributed by atoms with van der Waals surface area (Å²) in [5.41, 5.74) is 2.83. The van der Waals surface area contributed by atoms with Gasteiger partial charge < -0.3 is 10.2 Å². The number of rotatable bonds is 6. The summed E-state index contributed by atoms with van der Waals surface area (Å²) >= 11 is 0. The lowest BCUT2D eigenvalue weighted by molar-refractivity contribution is 0.0729. The van der Waals surface area contributed by atoms with E-state index in [-0.39, 0.29) is 23.4 Å². The maximum atomic E-state index is 13.6. The Morgan fingerprint density at radius 2 is 1.69 bits per heavy atom. The molecule has 2 aromatic carbocycles. The Labute approximate surface area is 210 Å². The van der Waals surface area contributed by atoms with Crippen LogP contribution in [0.1, 0.15) is 83.5 Å². The average Bonchev–Trinajstić information content (AvgIpc) is 3.79. The number of carbonyl (C=O) groups excluding carboxylic acids is 2. The number of carbonyl (C=O) groups is 2. The number of nitrogens with zero attached hydrogens (tertiary/aromatic N) is 3. The molecule has 0 unspecified atom stereocenters. The molecule has 7 heteroatoms. The van der Waals surface area contributed by atoms with Gasteiger partial charge in [0.2, 0.25) is 0 Å². The Bertz CT molecular complexity index is 1370. The van der Waals surface area contributed by atoms with Gasteiger partial charge in [-0.2, -0.15) is 0 Å². The Morgan fingerprint density at radius 3 is 2.44 bits per heavy atom. The highest BCUT2D eigenvalue weighted by atomic mass is 16.2. The van der Waals surface area contributed by atoms with Crippen molar-refractivity contribution < 1.29 is 9.59 Å². The first-order valence-corrected chi connectivity index (χ1v) is 13.3. The van der Waals surface area contributed by atoms with Crippen LogP contribution in [0.5, 0.6) is 0 Å². The number of aryl methyl sites for hydroxylation is 1. The molecule has 0 bridgehead atoms. The molecule has 2 heterocycles. The zero-order valence-corrected chi connectivity index (χ0v) is 20.5. The third-order valence-electron chi connectivity index (χ3n) is 7.54. The SMILES string of the molecule is O=C(NC1CC1)c1ccc(CN(C(=O)c2ccc3c(=O)n4c(nc3c2)CCCCCC4)C2CC2)cc1. The monoisotopic (exact) mass is 484 g/mol. The van der Waals surface area contributed by atoms with Gasteiger partial charge in [-0.25, -0.2) is 4.98 Å². The molecule has 0 radical (unpaired) electrons. The molecule has 3 aliphatic rings. The molecule has 2 saturated carbocycles. The zero-order chi connectivity index (χ0) is 24.6. The Hall–Kier alpha value is -3.48. The normalized spacial score (nSPS) is 17.7. The maximum Gasteiger partial charge on any atom is 0.261 e. The van der Waals surface area contributed by atoms with Crippen molar-refractivity contribution in [1.29, 1.82) is 0 Å². The fourth-order valence-corrected chi connectivity index (χ4v) is 5.10. The molecule has 2 aliphatic carbocycles. The van der Waals surface area contributed by atoms with Crippen LogP contribution in [0.15, 0.2) is 47.3 Å². The fourth-order valence-electron chi connectivity index (χ4n) is 5.10. The highest BCUT2D eigenvalue weighted by Crippen LogP contribution is 2.30. The molecule has 0 saturated heterocycles. The molecule has 2 fully saturated rings. The molecule has 0 spiro atoms. The van der Waals surface area contributed by atoms with Crippen molar-refractivity contribution in [2.75, 3.05) is 0 Å². The summed E-state index contributed by atoms with van der Waals surface area (Å²) in [6.45, 7) is 1.21. The molecule has 36 heavy (non-hydrogen) atoms. The Morgan fingerprint density at radius 1 is 0.944 bits per heavy atom. The maximum absolute atomic E-state index is 13.6. The molecule has 3 aromatic rings. The zero-order valence-electron chi connectivity index (χ0n) is 20.5. The van der Waals surface area contributed by atoms with Crippen LogP contribution in [0.4, 0.5) is 0 Å². The van der Waals surface area contributed by atoms with Gasteiger partial charge in [-0.3, -0.25) is 19.0 Å². The van der Waals surface area contributed by atoms with Gasteiger partial charge in [-0.1, -0.05) is 25.0 Å². The first-order valence-electron chi connectivity index (χ1n) is 13.3. The molecular weight excluding hydrogens is 452 g/mol. The molecule has 2 amide bonds. The highest BCUT2D eigenvalue weighted by Gasteiger charge is 2.33. The average molecular weight is 485 g/mol. The highest BCUT2D eigenvalue weighted by molar-refractivity contribution is 5.98. The van der Waals surface area contributed by atoms with E-state index in [0.717, 1.165) is 69.2 Å². The second kappa shape index (κ2) is 9.52.